The molecule has 7 nitrogen and oxygen atoms in total. The summed E-state index contributed by atoms with van der Waals surface area (Å²) in [4.78, 5) is 18.9. The molecule has 26 heavy (non-hydrogen) atoms. The number of nitrogens with zero attached hydrogens (tertiary/aromatic N) is 2. The molecular formula is C19H22N4O3. The third-order valence-electron chi connectivity index (χ3n) is 4.72. The molecule has 4 rings (SSSR count). The number of carbonyl (C=O) groups is 1. The van der Waals surface area contributed by atoms with Crippen molar-refractivity contribution in [3.63, 3.8) is 0 Å². The molecular weight excluding hydrogens is 332 g/mol. The fourth-order valence-corrected chi connectivity index (χ4v) is 3.27. The lowest BCUT2D eigenvalue weighted by atomic mass is 10.1. The smallest absolute Gasteiger partial charge is 0.231 e. The molecule has 1 fully saturated rings. The number of pyridine rings is 1. The monoisotopic (exact) mass is 354 g/mol. The van der Waals surface area contributed by atoms with Gasteiger partial charge in [0, 0.05) is 37.1 Å². The zero-order valence-electron chi connectivity index (χ0n) is 14.5. The van der Waals surface area contributed by atoms with E-state index in [9.17, 15) is 4.79 Å². The highest BCUT2D eigenvalue weighted by Crippen LogP contribution is 2.32. The molecule has 1 aromatic heterocycles. The zero-order chi connectivity index (χ0) is 17.9. The molecule has 0 unspecified atom stereocenters. The minimum atomic E-state index is -0.116. The predicted octanol–water partition coefficient (Wildman–Crippen LogP) is 1.92. The van der Waals surface area contributed by atoms with Crippen LogP contribution in [0.2, 0.25) is 0 Å². The second kappa shape index (κ2) is 7.21. The van der Waals surface area contributed by atoms with Gasteiger partial charge in [0.15, 0.2) is 11.5 Å². The van der Waals surface area contributed by atoms with Crippen LogP contribution in [0.25, 0.3) is 0 Å². The van der Waals surface area contributed by atoms with Gasteiger partial charge in [0.2, 0.25) is 12.7 Å². The predicted molar refractivity (Wildman–Crippen MR) is 98.6 cm³/mol. The Bertz CT molecular complexity index is 803. The van der Waals surface area contributed by atoms with Crippen LogP contribution in [0.4, 0.5) is 11.5 Å². The molecule has 1 aromatic carbocycles. The number of amides is 1. The van der Waals surface area contributed by atoms with E-state index in [1.165, 1.54) is 0 Å². The van der Waals surface area contributed by atoms with Crippen molar-refractivity contribution in [2.75, 3.05) is 30.1 Å². The highest BCUT2D eigenvalue weighted by atomic mass is 16.7. The first-order valence-corrected chi connectivity index (χ1v) is 8.82. The Morgan fingerprint density at radius 1 is 1.19 bits per heavy atom. The van der Waals surface area contributed by atoms with Crippen LogP contribution in [0.15, 0.2) is 36.5 Å². The topological polar surface area (TPSA) is 89.7 Å². The maximum atomic E-state index is 12.4. The number of rotatable bonds is 4. The minimum absolute atomic E-state index is 0.116. The van der Waals surface area contributed by atoms with E-state index in [1.54, 1.807) is 6.20 Å². The van der Waals surface area contributed by atoms with Gasteiger partial charge < -0.3 is 25.4 Å². The highest BCUT2D eigenvalue weighted by Gasteiger charge is 2.17. The number of fused-ring (bicyclic) bond motifs is 1. The number of anilines is 2. The molecule has 3 heterocycles. The zero-order valence-corrected chi connectivity index (χ0v) is 14.5. The van der Waals surface area contributed by atoms with E-state index in [4.69, 9.17) is 15.2 Å². The number of ether oxygens (including phenoxy) is 2. The molecule has 2 aliphatic heterocycles. The molecule has 7 heteroatoms. The van der Waals surface area contributed by atoms with Crippen molar-refractivity contribution in [1.82, 2.24) is 4.98 Å². The Kier molecular flexibility index (Phi) is 4.62. The fourth-order valence-electron chi connectivity index (χ4n) is 3.27. The van der Waals surface area contributed by atoms with Gasteiger partial charge in [0.25, 0.3) is 0 Å². The molecule has 1 amide bonds. The van der Waals surface area contributed by atoms with Crippen LogP contribution in [0.5, 0.6) is 11.5 Å². The van der Waals surface area contributed by atoms with Gasteiger partial charge in [-0.2, -0.15) is 0 Å². The van der Waals surface area contributed by atoms with Gasteiger partial charge in [0.1, 0.15) is 5.82 Å². The van der Waals surface area contributed by atoms with Crippen LogP contribution in [0.1, 0.15) is 18.4 Å². The quantitative estimate of drug-likeness (QED) is 0.872. The summed E-state index contributed by atoms with van der Waals surface area (Å²) >= 11 is 0. The lowest BCUT2D eigenvalue weighted by molar-refractivity contribution is -0.115. The standard InChI is InChI=1S/C19H22N4O3/c20-14-4-7-23(8-5-14)15-3-6-21-18(11-15)22-19(24)10-13-1-2-16-17(9-13)26-12-25-16/h1-3,6,9,11,14H,4-5,7-8,10,12,20H2,(H,21,22,24). The van der Waals surface area contributed by atoms with Gasteiger partial charge in [-0.3, -0.25) is 4.79 Å². The Morgan fingerprint density at radius 3 is 2.85 bits per heavy atom. The van der Waals surface area contributed by atoms with Crippen LogP contribution >= 0.6 is 0 Å². The molecule has 3 N–H and O–H groups in total. The van der Waals surface area contributed by atoms with Crippen molar-refractivity contribution in [3.05, 3.63) is 42.1 Å². The second-order valence-electron chi connectivity index (χ2n) is 6.64. The lowest BCUT2D eigenvalue weighted by Gasteiger charge is -2.32. The first kappa shape index (κ1) is 16.7. The summed E-state index contributed by atoms with van der Waals surface area (Å²) in [6.07, 6.45) is 3.93. The summed E-state index contributed by atoms with van der Waals surface area (Å²) in [5.41, 5.74) is 7.89. The number of hydrogen-bond donors (Lipinski definition) is 2. The first-order chi connectivity index (χ1) is 12.7. The van der Waals surface area contributed by atoms with Crippen molar-refractivity contribution in [2.45, 2.75) is 25.3 Å². The summed E-state index contributed by atoms with van der Waals surface area (Å²) in [7, 11) is 0. The lowest BCUT2D eigenvalue weighted by Crippen LogP contribution is -2.39. The van der Waals surface area contributed by atoms with Gasteiger partial charge in [-0.15, -0.1) is 0 Å². The molecule has 0 spiro atoms. The van der Waals surface area contributed by atoms with Crippen LogP contribution in [-0.4, -0.2) is 36.8 Å². The molecule has 0 atom stereocenters. The van der Waals surface area contributed by atoms with Gasteiger partial charge >= 0.3 is 0 Å². The largest absolute Gasteiger partial charge is 0.454 e. The number of hydrogen-bond acceptors (Lipinski definition) is 6. The van der Waals surface area contributed by atoms with Gasteiger partial charge in [-0.25, -0.2) is 4.98 Å². The van der Waals surface area contributed by atoms with Crippen LogP contribution in [0.3, 0.4) is 0 Å². The van der Waals surface area contributed by atoms with Crippen LogP contribution in [0, 0.1) is 0 Å². The molecule has 136 valence electrons. The molecule has 2 aromatic rings. The van der Waals surface area contributed by atoms with Gasteiger partial charge in [-0.05, 0) is 36.6 Å². The molecule has 0 aliphatic carbocycles. The van der Waals surface area contributed by atoms with Crippen LogP contribution in [-0.2, 0) is 11.2 Å². The first-order valence-electron chi connectivity index (χ1n) is 8.82. The third-order valence-corrected chi connectivity index (χ3v) is 4.72. The third kappa shape index (κ3) is 3.72. The van der Waals surface area contributed by atoms with Crippen molar-refractivity contribution in [3.8, 4) is 11.5 Å². The second-order valence-corrected chi connectivity index (χ2v) is 6.64. The number of carbonyl (C=O) groups excluding carboxylic acids is 1. The Labute approximate surface area is 152 Å². The fraction of sp³-hybridized carbons (Fsp3) is 0.368. The van der Waals surface area contributed by atoms with E-state index in [1.807, 2.05) is 30.3 Å². The molecule has 1 saturated heterocycles. The molecule has 0 saturated carbocycles. The number of benzene rings is 1. The maximum Gasteiger partial charge on any atom is 0.231 e. The van der Waals surface area contributed by atoms with Crippen molar-refractivity contribution in [2.24, 2.45) is 5.73 Å². The van der Waals surface area contributed by atoms with E-state index < -0.39 is 0 Å². The van der Waals surface area contributed by atoms with E-state index in [-0.39, 0.29) is 25.2 Å². The number of nitrogens with two attached hydrogens (primary N) is 1. The summed E-state index contributed by atoms with van der Waals surface area (Å²) in [6.45, 7) is 2.08. The molecule has 0 radical (unpaired) electrons. The van der Waals surface area contributed by atoms with Gasteiger partial charge in [-0.1, -0.05) is 6.07 Å². The number of nitrogens with one attached hydrogen (secondary N) is 1. The molecule has 0 bridgehead atoms. The Morgan fingerprint density at radius 2 is 2.00 bits per heavy atom. The summed E-state index contributed by atoms with van der Waals surface area (Å²) in [5, 5.41) is 2.87. The van der Waals surface area contributed by atoms with Crippen LogP contribution < -0.4 is 25.4 Å². The van der Waals surface area contributed by atoms with Crippen molar-refractivity contribution < 1.29 is 14.3 Å². The number of piperidine rings is 1. The average Bonchev–Trinajstić information content (AvgIpc) is 3.10. The van der Waals surface area contributed by atoms with Gasteiger partial charge in [0.05, 0.1) is 6.42 Å². The summed E-state index contributed by atoms with van der Waals surface area (Å²) in [5.74, 6) is 1.83. The summed E-state index contributed by atoms with van der Waals surface area (Å²) in [6, 6.07) is 9.69. The highest BCUT2D eigenvalue weighted by molar-refractivity contribution is 5.91. The Balaban J connectivity index is 1.39. The number of aromatic nitrogens is 1. The normalized spacial score (nSPS) is 16.6. The van der Waals surface area contributed by atoms with E-state index in [2.05, 4.69) is 15.2 Å². The summed E-state index contributed by atoms with van der Waals surface area (Å²) < 4.78 is 10.6. The van der Waals surface area contributed by atoms with Crippen molar-refractivity contribution >= 4 is 17.4 Å². The SMILES string of the molecule is NC1CCN(c2ccnc(NC(=O)Cc3ccc4c(c3)OCO4)c2)CC1. The van der Waals surface area contributed by atoms with E-state index in [0.717, 1.165) is 37.2 Å². The van der Waals surface area contributed by atoms with E-state index in [0.29, 0.717) is 17.3 Å². The van der Waals surface area contributed by atoms with E-state index >= 15 is 0 Å². The minimum Gasteiger partial charge on any atom is -0.454 e. The van der Waals surface area contributed by atoms with Crippen molar-refractivity contribution in [1.29, 1.82) is 0 Å². The molecule has 2 aliphatic rings. The maximum absolute atomic E-state index is 12.4. The average molecular weight is 354 g/mol. The Hall–Kier alpha value is -2.80.